The molecule has 3 heteroatoms. The summed E-state index contributed by atoms with van der Waals surface area (Å²) in [5.41, 5.74) is 1.23. The summed E-state index contributed by atoms with van der Waals surface area (Å²) < 4.78 is 0. The normalized spacial score (nSPS) is 12.8. The van der Waals surface area contributed by atoms with Crippen LogP contribution in [0, 0.1) is 6.92 Å². The molecule has 0 amide bonds. The summed E-state index contributed by atoms with van der Waals surface area (Å²) in [7, 11) is 2.04. The fraction of sp³-hybridized carbons (Fsp3) is 0.800. The largest absolute Gasteiger partial charge is 0.312 e. The van der Waals surface area contributed by atoms with Crippen molar-refractivity contribution >= 4 is 11.3 Å². The molecule has 1 unspecified atom stereocenters. The Morgan fingerprint density at radius 2 is 1.83 bits per heavy atom. The van der Waals surface area contributed by atoms with Gasteiger partial charge in [0.1, 0.15) is 0 Å². The molecule has 0 aliphatic carbocycles. The highest BCUT2D eigenvalue weighted by Crippen LogP contribution is 2.21. The topological polar surface area (TPSA) is 24.9 Å². The number of hydrogen-bond acceptors (Lipinski definition) is 3. The first-order valence-electron chi connectivity index (χ1n) is 7.37. The number of hydrogen-bond donors (Lipinski definition) is 1. The zero-order valence-electron chi connectivity index (χ0n) is 12.2. The summed E-state index contributed by atoms with van der Waals surface area (Å²) in [6.45, 7) is 4.35. The second-order valence-corrected chi connectivity index (χ2v) is 6.10. The molecule has 0 saturated carbocycles. The van der Waals surface area contributed by atoms with E-state index >= 15 is 0 Å². The molecule has 104 valence electrons. The van der Waals surface area contributed by atoms with Crippen molar-refractivity contribution in [1.29, 1.82) is 0 Å². The quantitative estimate of drug-likeness (QED) is 0.613. The lowest BCUT2D eigenvalue weighted by molar-refractivity contribution is 0.489. The number of nitrogens with one attached hydrogen (secondary N) is 1. The van der Waals surface area contributed by atoms with Crippen molar-refractivity contribution in [2.75, 3.05) is 7.05 Å². The van der Waals surface area contributed by atoms with E-state index < -0.39 is 0 Å². The predicted molar refractivity (Wildman–Crippen MR) is 81.3 cm³/mol. The maximum atomic E-state index is 4.58. The van der Waals surface area contributed by atoms with Crippen molar-refractivity contribution in [3.63, 3.8) is 0 Å². The Labute approximate surface area is 116 Å². The van der Waals surface area contributed by atoms with E-state index in [0.29, 0.717) is 6.04 Å². The fourth-order valence-electron chi connectivity index (χ4n) is 2.29. The van der Waals surface area contributed by atoms with E-state index in [1.165, 1.54) is 62.1 Å². The van der Waals surface area contributed by atoms with Crippen LogP contribution >= 0.6 is 11.3 Å². The summed E-state index contributed by atoms with van der Waals surface area (Å²) in [6.07, 6.45) is 10.9. The second-order valence-electron chi connectivity index (χ2n) is 5.04. The SMILES string of the molecule is CCCCCCCCCC(NC)c1csc(C)n1. The van der Waals surface area contributed by atoms with Crippen molar-refractivity contribution < 1.29 is 0 Å². The van der Waals surface area contributed by atoms with Gasteiger partial charge in [-0.15, -0.1) is 11.3 Å². The number of rotatable bonds is 10. The highest BCUT2D eigenvalue weighted by atomic mass is 32.1. The van der Waals surface area contributed by atoms with Crippen LogP contribution in [0.1, 0.15) is 75.0 Å². The fourth-order valence-corrected chi connectivity index (χ4v) is 2.95. The maximum Gasteiger partial charge on any atom is 0.0898 e. The number of thiazole rings is 1. The summed E-state index contributed by atoms with van der Waals surface area (Å²) >= 11 is 1.75. The molecule has 2 nitrogen and oxygen atoms in total. The third kappa shape index (κ3) is 5.96. The molecule has 0 aliphatic rings. The second kappa shape index (κ2) is 9.51. The predicted octanol–water partition coefficient (Wildman–Crippen LogP) is 4.85. The molecule has 0 radical (unpaired) electrons. The minimum Gasteiger partial charge on any atom is -0.312 e. The first kappa shape index (κ1) is 15.6. The van der Waals surface area contributed by atoms with Crippen LogP contribution in [0.25, 0.3) is 0 Å². The van der Waals surface area contributed by atoms with Gasteiger partial charge in [0, 0.05) is 5.38 Å². The Kier molecular flexibility index (Phi) is 8.27. The lowest BCUT2D eigenvalue weighted by atomic mass is 10.0. The molecule has 0 saturated heterocycles. The van der Waals surface area contributed by atoms with E-state index in [1.807, 2.05) is 7.05 Å². The van der Waals surface area contributed by atoms with Crippen molar-refractivity contribution in [2.45, 2.75) is 71.3 Å². The molecule has 0 fully saturated rings. The van der Waals surface area contributed by atoms with Gasteiger partial charge in [-0.25, -0.2) is 4.98 Å². The van der Waals surface area contributed by atoms with E-state index in [0.717, 1.165) is 0 Å². The smallest absolute Gasteiger partial charge is 0.0898 e. The molecule has 1 aromatic heterocycles. The lowest BCUT2D eigenvalue weighted by Gasteiger charge is -2.13. The van der Waals surface area contributed by atoms with Crippen molar-refractivity contribution in [3.8, 4) is 0 Å². The van der Waals surface area contributed by atoms with Crippen LogP contribution in [-0.2, 0) is 0 Å². The first-order chi connectivity index (χ1) is 8.77. The molecule has 1 rings (SSSR count). The van der Waals surface area contributed by atoms with Crippen LogP contribution in [0.15, 0.2) is 5.38 Å². The van der Waals surface area contributed by atoms with Gasteiger partial charge < -0.3 is 5.32 Å². The third-order valence-electron chi connectivity index (χ3n) is 3.44. The van der Waals surface area contributed by atoms with Gasteiger partial charge in [0.25, 0.3) is 0 Å². The Morgan fingerprint density at radius 3 is 2.39 bits per heavy atom. The average Bonchev–Trinajstić information content (AvgIpc) is 2.79. The molecule has 0 aromatic carbocycles. The molecule has 0 aliphatic heterocycles. The number of aromatic nitrogens is 1. The van der Waals surface area contributed by atoms with Gasteiger partial charge in [-0.2, -0.15) is 0 Å². The highest BCUT2D eigenvalue weighted by molar-refractivity contribution is 7.09. The number of aryl methyl sites for hydroxylation is 1. The molecule has 18 heavy (non-hydrogen) atoms. The van der Waals surface area contributed by atoms with E-state index in [2.05, 4.69) is 29.5 Å². The molecule has 1 atom stereocenters. The summed E-state index contributed by atoms with van der Waals surface area (Å²) in [4.78, 5) is 4.58. The van der Waals surface area contributed by atoms with Gasteiger partial charge in [-0.1, -0.05) is 51.9 Å². The number of unbranched alkanes of at least 4 members (excludes halogenated alkanes) is 6. The summed E-state index contributed by atoms with van der Waals surface area (Å²) in [5, 5.41) is 6.75. The molecular weight excluding hydrogens is 240 g/mol. The third-order valence-corrected chi connectivity index (χ3v) is 4.23. The van der Waals surface area contributed by atoms with Crippen molar-refractivity contribution in [2.24, 2.45) is 0 Å². The van der Waals surface area contributed by atoms with E-state index in [-0.39, 0.29) is 0 Å². The van der Waals surface area contributed by atoms with Gasteiger partial charge in [0.15, 0.2) is 0 Å². The van der Waals surface area contributed by atoms with Crippen LogP contribution in [0.3, 0.4) is 0 Å². The summed E-state index contributed by atoms with van der Waals surface area (Å²) in [5.74, 6) is 0. The van der Waals surface area contributed by atoms with Gasteiger partial charge in [-0.3, -0.25) is 0 Å². The monoisotopic (exact) mass is 268 g/mol. The first-order valence-corrected chi connectivity index (χ1v) is 8.25. The number of nitrogens with zero attached hydrogens (tertiary/aromatic N) is 1. The van der Waals surface area contributed by atoms with E-state index in [4.69, 9.17) is 0 Å². The maximum absolute atomic E-state index is 4.58. The van der Waals surface area contributed by atoms with Crippen molar-refractivity contribution in [1.82, 2.24) is 10.3 Å². The van der Waals surface area contributed by atoms with Crippen molar-refractivity contribution in [3.05, 3.63) is 16.1 Å². The van der Waals surface area contributed by atoms with Crippen LogP contribution in [0.2, 0.25) is 0 Å². The zero-order chi connectivity index (χ0) is 13.2. The van der Waals surface area contributed by atoms with Gasteiger partial charge in [0.2, 0.25) is 0 Å². The summed E-state index contributed by atoms with van der Waals surface area (Å²) in [6, 6.07) is 0.450. The average molecular weight is 268 g/mol. The Bertz CT molecular complexity index is 309. The van der Waals surface area contributed by atoms with Gasteiger partial charge in [-0.05, 0) is 20.4 Å². The van der Waals surface area contributed by atoms with Gasteiger partial charge >= 0.3 is 0 Å². The molecule has 1 N–H and O–H groups in total. The minimum atomic E-state index is 0.450. The van der Waals surface area contributed by atoms with E-state index in [1.54, 1.807) is 11.3 Å². The molecular formula is C15H28N2S. The Balaban J connectivity index is 2.13. The standard InChI is InChI=1S/C15H28N2S/c1-4-5-6-7-8-9-10-11-14(16-3)15-12-18-13(2)17-15/h12,14,16H,4-11H2,1-3H3. The molecule has 0 spiro atoms. The molecule has 0 bridgehead atoms. The lowest BCUT2D eigenvalue weighted by Crippen LogP contribution is -2.16. The van der Waals surface area contributed by atoms with Crippen LogP contribution in [0.4, 0.5) is 0 Å². The zero-order valence-corrected chi connectivity index (χ0v) is 13.0. The van der Waals surface area contributed by atoms with Crippen LogP contribution < -0.4 is 5.32 Å². The Hall–Kier alpha value is -0.410. The highest BCUT2D eigenvalue weighted by Gasteiger charge is 2.11. The van der Waals surface area contributed by atoms with Crippen LogP contribution in [0.5, 0.6) is 0 Å². The Morgan fingerprint density at radius 1 is 1.17 bits per heavy atom. The molecule has 1 heterocycles. The van der Waals surface area contributed by atoms with E-state index in [9.17, 15) is 0 Å². The van der Waals surface area contributed by atoms with Crippen LogP contribution in [-0.4, -0.2) is 12.0 Å². The van der Waals surface area contributed by atoms with Gasteiger partial charge in [0.05, 0.1) is 16.7 Å². The molecule has 1 aromatic rings. The minimum absolute atomic E-state index is 0.450.